The number of hydrogen-bond acceptors (Lipinski definition) is 6. The number of esters is 1. The van der Waals surface area contributed by atoms with E-state index in [-0.39, 0.29) is 23.8 Å². The van der Waals surface area contributed by atoms with E-state index >= 15 is 0 Å². The number of sulfonamides is 1. The maximum atomic E-state index is 12.6. The summed E-state index contributed by atoms with van der Waals surface area (Å²) in [6.45, 7) is 3.48. The first-order valence-corrected chi connectivity index (χ1v) is 10.3. The fraction of sp³-hybridized carbons (Fsp3) is 0.222. The molecule has 1 heterocycles. The van der Waals surface area contributed by atoms with Crippen molar-refractivity contribution in [1.29, 1.82) is 0 Å². The number of hydrogen-bond donors (Lipinski definition) is 1. The lowest BCUT2D eigenvalue weighted by Gasteiger charge is -2.19. The van der Waals surface area contributed by atoms with Gasteiger partial charge in [-0.05, 0) is 29.1 Å². The summed E-state index contributed by atoms with van der Waals surface area (Å²) in [5.74, 6) is -0.876. The minimum atomic E-state index is -3.75. The number of nitrogens with one attached hydrogen (secondary N) is 1. The molecular formula is C18H20N2O5S2. The second-order valence-corrected chi connectivity index (χ2v) is 8.60. The number of carbonyl (C=O) groups excluding carboxylic acids is 2. The quantitative estimate of drug-likeness (QED) is 0.506. The van der Waals surface area contributed by atoms with Crippen molar-refractivity contribution in [3.05, 3.63) is 65.6 Å². The SMILES string of the molecule is C=CCN(CC(=O)NCc1ccc(C(=O)OC)cc1)S(=O)(=O)c1cccs1. The summed E-state index contributed by atoms with van der Waals surface area (Å²) in [6.07, 6.45) is 1.43. The first kappa shape index (κ1) is 20.8. The fourth-order valence-electron chi connectivity index (χ4n) is 2.22. The molecule has 1 amide bonds. The molecule has 0 radical (unpaired) electrons. The molecule has 2 aromatic rings. The number of nitrogens with zero attached hydrogens (tertiary/aromatic N) is 1. The van der Waals surface area contributed by atoms with Crippen molar-refractivity contribution in [3.63, 3.8) is 0 Å². The molecule has 0 fully saturated rings. The molecular weight excluding hydrogens is 388 g/mol. The van der Waals surface area contributed by atoms with Crippen LogP contribution in [0.4, 0.5) is 0 Å². The average molecular weight is 409 g/mol. The van der Waals surface area contributed by atoms with Crippen LogP contribution in [-0.2, 0) is 26.1 Å². The van der Waals surface area contributed by atoms with Crippen molar-refractivity contribution < 1.29 is 22.7 Å². The maximum absolute atomic E-state index is 12.6. The normalized spacial score (nSPS) is 11.2. The number of thiophene rings is 1. The van der Waals surface area contributed by atoms with E-state index < -0.39 is 21.9 Å². The van der Waals surface area contributed by atoms with E-state index in [1.54, 1.807) is 35.7 Å². The van der Waals surface area contributed by atoms with E-state index in [1.807, 2.05) is 0 Å². The van der Waals surface area contributed by atoms with Crippen LogP contribution in [0.2, 0.25) is 0 Å². The van der Waals surface area contributed by atoms with Gasteiger partial charge in [-0.15, -0.1) is 17.9 Å². The molecule has 2 rings (SSSR count). The Bertz CT molecular complexity index is 890. The Hall–Kier alpha value is -2.49. The number of carbonyl (C=O) groups is 2. The van der Waals surface area contributed by atoms with Crippen LogP contribution in [0.1, 0.15) is 15.9 Å². The van der Waals surface area contributed by atoms with Gasteiger partial charge in [-0.2, -0.15) is 4.31 Å². The topological polar surface area (TPSA) is 92.8 Å². The minimum absolute atomic E-state index is 0.0292. The molecule has 0 aliphatic heterocycles. The summed E-state index contributed by atoms with van der Waals surface area (Å²) in [5.41, 5.74) is 1.18. The summed E-state index contributed by atoms with van der Waals surface area (Å²) < 4.78 is 31.0. The van der Waals surface area contributed by atoms with Gasteiger partial charge >= 0.3 is 5.97 Å². The fourth-order valence-corrected chi connectivity index (χ4v) is 4.73. The first-order chi connectivity index (χ1) is 12.9. The third kappa shape index (κ3) is 5.49. The van der Waals surface area contributed by atoms with Crippen LogP contribution in [0.5, 0.6) is 0 Å². The Kier molecular flexibility index (Phi) is 7.28. The van der Waals surface area contributed by atoms with E-state index in [1.165, 1.54) is 19.3 Å². The second kappa shape index (κ2) is 9.45. The number of ether oxygens (including phenoxy) is 1. The van der Waals surface area contributed by atoms with Crippen LogP contribution >= 0.6 is 11.3 Å². The zero-order chi connectivity index (χ0) is 19.9. The number of rotatable bonds is 9. The molecule has 1 aromatic heterocycles. The van der Waals surface area contributed by atoms with Gasteiger partial charge in [0, 0.05) is 13.1 Å². The van der Waals surface area contributed by atoms with Crippen molar-refractivity contribution in [3.8, 4) is 0 Å². The van der Waals surface area contributed by atoms with Gasteiger partial charge in [-0.25, -0.2) is 13.2 Å². The molecule has 0 unspecified atom stereocenters. The Morgan fingerprint density at radius 2 is 1.96 bits per heavy atom. The molecule has 0 aliphatic rings. The van der Waals surface area contributed by atoms with Gasteiger partial charge in [0.15, 0.2) is 0 Å². The number of methoxy groups -OCH3 is 1. The van der Waals surface area contributed by atoms with E-state index in [4.69, 9.17) is 0 Å². The summed E-state index contributed by atoms with van der Waals surface area (Å²) in [7, 11) is -2.45. The van der Waals surface area contributed by atoms with Crippen LogP contribution in [0.3, 0.4) is 0 Å². The lowest BCUT2D eigenvalue weighted by molar-refractivity contribution is -0.121. The molecule has 0 saturated carbocycles. The lowest BCUT2D eigenvalue weighted by Crippen LogP contribution is -2.40. The lowest BCUT2D eigenvalue weighted by atomic mass is 10.1. The molecule has 27 heavy (non-hydrogen) atoms. The van der Waals surface area contributed by atoms with E-state index in [9.17, 15) is 18.0 Å². The smallest absolute Gasteiger partial charge is 0.337 e. The molecule has 0 spiro atoms. The predicted molar refractivity (Wildman–Crippen MR) is 103 cm³/mol. The van der Waals surface area contributed by atoms with Gasteiger partial charge in [0.1, 0.15) is 4.21 Å². The third-order valence-corrected chi connectivity index (χ3v) is 6.79. The Balaban J connectivity index is 1.98. The Labute approximate surface area is 162 Å². The summed E-state index contributed by atoms with van der Waals surface area (Å²) in [5, 5.41) is 4.34. The van der Waals surface area contributed by atoms with Crippen LogP contribution < -0.4 is 5.32 Å². The van der Waals surface area contributed by atoms with Crippen molar-refractivity contribution in [1.82, 2.24) is 9.62 Å². The standard InChI is InChI=1S/C18H20N2O5S2/c1-3-10-20(27(23,24)17-5-4-11-26-17)13-16(21)19-12-14-6-8-15(9-7-14)18(22)25-2/h3-9,11H,1,10,12-13H2,2H3,(H,19,21). The van der Waals surface area contributed by atoms with Gasteiger partial charge in [-0.3, -0.25) is 4.79 Å². The van der Waals surface area contributed by atoms with E-state index in [2.05, 4.69) is 16.6 Å². The minimum Gasteiger partial charge on any atom is -0.465 e. The van der Waals surface area contributed by atoms with Crippen LogP contribution in [0.15, 0.2) is 58.6 Å². The highest BCUT2D eigenvalue weighted by atomic mass is 32.2. The molecule has 1 aromatic carbocycles. The first-order valence-electron chi connectivity index (χ1n) is 7.97. The molecule has 0 aliphatic carbocycles. The van der Waals surface area contributed by atoms with Gasteiger partial charge in [0.2, 0.25) is 5.91 Å². The molecule has 0 bridgehead atoms. The van der Waals surface area contributed by atoms with Gasteiger partial charge in [-0.1, -0.05) is 24.3 Å². The molecule has 144 valence electrons. The van der Waals surface area contributed by atoms with Crippen LogP contribution in [0, 0.1) is 0 Å². The third-order valence-electron chi connectivity index (χ3n) is 3.61. The molecule has 9 heteroatoms. The summed E-state index contributed by atoms with van der Waals surface area (Å²) in [4.78, 5) is 23.6. The van der Waals surface area contributed by atoms with Crippen molar-refractivity contribution in [2.45, 2.75) is 10.8 Å². The highest BCUT2D eigenvalue weighted by Crippen LogP contribution is 2.20. The van der Waals surface area contributed by atoms with Crippen LogP contribution in [-0.4, -0.2) is 44.8 Å². The zero-order valence-electron chi connectivity index (χ0n) is 14.8. The second-order valence-electron chi connectivity index (χ2n) is 5.48. The molecule has 1 N–H and O–H groups in total. The Morgan fingerprint density at radius 3 is 2.52 bits per heavy atom. The zero-order valence-corrected chi connectivity index (χ0v) is 16.4. The predicted octanol–water partition coefficient (Wildman–Crippen LogP) is 2.03. The average Bonchev–Trinajstić information content (AvgIpc) is 3.21. The van der Waals surface area contributed by atoms with Gasteiger partial charge in [0.05, 0.1) is 19.2 Å². The highest BCUT2D eigenvalue weighted by molar-refractivity contribution is 7.91. The Morgan fingerprint density at radius 1 is 1.26 bits per heavy atom. The molecule has 0 atom stereocenters. The monoisotopic (exact) mass is 408 g/mol. The van der Waals surface area contributed by atoms with Crippen molar-refractivity contribution in [2.24, 2.45) is 0 Å². The van der Waals surface area contributed by atoms with Crippen molar-refractivity contribution >= 4 is 33.2 Å². The van der Waals surface area contributed by atoms with Crippen molar-refractivity contribution in [2.75, 3.05) is 20.2 Å². The van der Waals surface area contributed by atoms with Gasteiger partial charge < -0.3 is 10.1 Å². The van der Waals surface area contributed by atoms with Crippen LogP contribution in [0.25, 0.3) is 0 Å². The molecule has 7 nitrogen and oxygen atoms in total. The van der Waals surface area contributed by atoms with Gasteiger partial charge in [0.25, 0.3) is 10.0 Å². The largest absolute Gasteiger partial charge is 0.465 e. The number of benzene rings is 1. The summed E-state index contributed by atoms with van der Waals surface area (Å²) >= 11 is 1.09. The summed E-state index contributed by atoms with van der Waals surface area (Å²) in [6, 6.07) is 9.71. The van der Waals surface area contributed by atoms with E-state index in [0.29, 0.717) is 5.56 Å². The number of amides is 1. The highest BCUT2D eigenvalue weighted by Gasteiger charge is 2.26. The van der Waals surface area contributed by atoms with E-state index in [0.717, 1.165) is 21.2 Å². The molecule has 0 saturated heterocycles. The maximum Gasteiger partial charge on any atom is 0.337 e.